The van der Waals surface area contributed by atoms with Crippen LogP contribution in [0.1, 0.15) is 71.7 Å². The number of allylic oxidation sites excluding steroid dienone is 8. The minimum Gasteiger partial charge on any atom is -0.282 e. The van der Waals surface area contributed by atoms with Crippen LogP contribution in [0.25, 0.3) is 22.8 Å². The summed E-state index contributed by atoms with van der Waals surface area (Å²) in [4.78, 5) is 4.82. The van der Waals surface area contributed by atoms with Crippen molar-refractivity contribution in [3.63, 3.8) is 0 Å². The lowest BCUT2D eigenvalue weighted by Gasteiger charge is -2.16. The van der Waals surface area contributed by atoms with Gasteiger partial charge in [-0.2, -0.15) is 0 Å². The molecular weight excluding hydrogens is 556 g/mol. The maximum absolute atomic E-state index is 8.96. The predicted octanol–water partition coefficient (Wildman–Crippen LogP) is 11.9. The first kappa shape index (κ1) is 33.6. The molecule has 0 aliphatic rings. The molecular formula is C44H44N2. The molecule has 0 aliphatic heterocycles. The molecule has 0 bridgehead atoms. The molecule has 4 aromatic carbocycles. The molecule has 0 aliphatic carbocycles. The van der Waals surface area contributed by atoms with Crippen molar-refractivity contribution in [2.45, 2.75) is 41.0 Å². The number of aliphatic imine (C=N–C) groups is 1. The summed E-state index contributed by atoms with van der Waals surface area (Å²) in [7, 11) is 0. The highest BCUT2D eigenvalue weighted by Gasteiger charge is 2.14. The zero-order chi connectivity index (χ0) is 33.1. The van der Waals surface area contributed by atoms with Gasteiger partial charge in [-0.25, -0.2) is 4.99 Å². The zero-order valence-corrected chi connectivity index (χ0v) is 27.8. The Morgan fingerprint density at radius 1 is 0.761 bits per heavy atom. The lowest BCUT2D eigenvalue weighted by molar-refractivity contribution is 1.16. The van der Waals surface area contributed by atoms with Crippen LogP contribution in [0.5, 0.6) is 0 Å². The van der Waals surface area contributed by atoms with Crippen LogP contribution in [0.4, 0.5) is 0 Å². The summed E-state index contributed by atoms with van der Waals surface area (Å²) >= 11 is 0. The number of hydrogen-bond acceptors (Lipinski definition) is 1. The fraction of sp³-hybridized carbons (Fsp3) is 0.136. The smallest absolute Gasteiger partial charge is 0.152 e. The molecule has 46 heavy (non-hydrogen) atoms. The van der Waals surface area contributed by atoms with E-state index in [2.05, 4.69) is 107 Å². The van der Waals surface area contributed by atoms with Crippen LogP contribution >= 0.6 is 0 Å². The lowest BCUT2D eigenvalue weighted by Crippen LogP contribution is -2.04. The minimum absolute atomic E-state index is 0.224. The van der Waals surface area contributed by atoms with Crippen LogP contribution in [-0.2, 0) is 0 Å². The molecule has 0 amide bonds. The second-order valence-corrected chi connectivity index (χ2v) is 11.3. The van der Waals surface area contributed by atoms with Crippen LogP contribution in [0.15, 0.2) is 151 Å². The highest BCUT2D eigenvalue weighted by molar-refractivity contribution is 6.27. The van der Waals surface area contributed by atoms with Gasteiger partial charge in [0, 0.05) is 16.8 Å². The van der Waals surface area contributed by atoms with Crippen molar-refractivity contribution in [2.24, 2.45) is 4.99 Å². The molecule has 230 valence electrons. The Bertz CT molecular complexity index is 1860. The monoisotopic (exact) mass is 600 g/mol. The van der Waals surface area contributed by atoms with Crippen molar-refractivity contribution in [3.8, 4) is 0 Å². The summed E-state index contributed by atoms with van der Waals surface area (Å²) in [6.07, 6.45) is 13.2. The summed E-state index contributed by atoms with van der Waals surface area (Å²) in [6.45, 7) is 18.6. The number of rotatable bonds is 11. The second kappa shape index (κ2) is 16.1. The number of hydrogen-bond donors (Lipinski definition) is 1. The largest absolute Gasteiger partial charge is 0.282 e. The molecule has 0 unspecified atom stereocenters. The number of nitrogens with zero attached hydrogens (tertiary/aromatic N) is 1. The minimum atomic E-state index is 0.224. The molecule has 2 nitrogen and oxygen atoms in total. The molecule has 4 rings (SSSR count). The van der Waals surface area contributed by atoms with Gasteiger partial charge in [-0.1, -0.05) is 153 Å². The molecule has 0 spiro atoms. The van der Waals surface area contributed by atoms with Crippen LogP contribution < -0.4 is 0 Å². The maximum atomic E-state index is 8.96. The van der Waals surface area contributed by atoms with Crippen molar-refractivity contribution >= 4 is 34.3 Å². The van der Waals surface area contributed by atoms with E-state index in [0.29, 0.717) is 0 Å². The van der Waals surface area contributed by atoms with Crippen LogP contribution in [0, 0.1) is 19.3 Å². The van der Waals surface area contributed by atoms with E-state index >= 15 is 0 Å². The molecule has 0 aromatic heterocycles. The van der Waals surface area contributed by atoms with E-state index in [9.17, 15) is 0 Å². The van der Waals surface area contributed by atoms with Gasteiger partial charge in [-0.15, -0.1) is 0 Å². The first-order valence-corrected chi connectivity index (χ1v) is 15.8. The quantitative estimate of drug-likeness (QED) is 0.101. The standard InChI is InChI=1S/C44H44N2/c1-8-11-18-36-27-28-41(33(6)32(36)5)43(29-31(4)9-2)39-23-25-40(26-24-39)44(45)46-34(7)42(38-21-16-13-17-22-38)30-35(10-3)37-19-14-12-15-20-37/h8,10-30,45H,1,4,9H2,2-3,5-7H3/b18-11-,35-10+,42-30+,43-29-,45-44?,46-34+. The van der Waals surface area contributed by atoms with E-state index < -0.39 is 0 Å². The van der Waals surface area contributed by atoms with Gasteiger partial charge in [-0.3, -0.25) is 5.41 Å². The number of benzene rings is 4. The van der Waals surface area contributed by atoms with Gasteiger partial charge in [-0.05, 0) is 90.3 Å². The molecule has 0 atom stereocenters. The Morgan fingerprint density at radius 3 is 1.96 bits per heavy atom. The highest BCUT2D eigenvalue weighted by Crippen LogP contribution is 2.32. The Morgan fingerprint density at radius 2 is 1.37 bits per heavy atom. The third kappa shape index (κ3) is 8.22. The molecule has 0 heterocycles. The lowest BCUT2D eigenvalue weighted by atomic mass is 9.88. The Kier molecular flexibility index (Phi) is 11.7. The SMILES string of the molecule is C=C/C=C\c1ccc(/C(=C\C(=C)CC)c2ccc(C(=N)/N=C(C)/C(=C\C(=C/C)c3ccccc3)c3ccccc3)cc2)c(C)c1C. The summed E-state index contributed by atoms with van der Waals surface area (Å²) in [5.74, 6) is 0.224. The summed E-state index contributed by atoms with van der Waals surface area (Å²) in [6, 6.07) is 33.1. The zero-order valence-electron chi connectivity index (χ0n) is 27.8. The third-order valence-electron chi connectivity index (χ3n) is 8.28. The van der Waals surface area contributed by atoms with Crippen LogP contribution in [-0.4, -0.2) is 11.5 Å². The van der Waals surface area contributed by atoms with Gasteiger partial charge in [0.05, 0.1) is 0 Å². The Balaban J connectivity index is 1.70. The Labute approximate surface area is 275 Å². The number of nitrogens with one attached hydrogen (secondary N) is 1. The van der Waals surface area contributed by atoms with Gasteiger partial charge in [0.15, 0.2) is 5.84 Å². The van der Waals surface area contributed by atoms with E-state index in [1.807, 2.05) is 68.5 Å². The van der Waals surface area contributed by atoms with E-state index in [4.69, 9.17) is 10.4 Å². The third-order valence-corrected chi connectivity index (χ3v) is 8.28. The first-order chi connectivity index (χ1) is 22.3. The van der Waals surface area contributed by atoms with Crippen molar-refractivity contribution in [1.82, 2.24) is 0 Å². The normalized spacial score (nSPS) is 12.8. The molecule has 0 saturated heterocycles. The topological polar surface area (TPSA) is 36.2 Å². The first-order valence-electron chi connectivity index (χ1n) is 15.8. The molecule has 2 heteroatoms. The van der Waals surface area contributed by atoms with E-state index in [0.717, 1.165) is 56.7 Å². The predicted molar refractivity (Wildman–Crippen MR) is 203 cm³/mol. The maximum Gasteiger partial charge on any atom is 0.152 e. The van der Waals surface area contributed by atoms with Gasteiger partial charge in [0.25, 0.3) is 0 Å². The van der Waals surface area contributed by atoms with Crippen molar-refractivity contribution in [2.75, 3.05) is 0 Å². The molecule has 1 N–H and O–H groups in total. The molecule has 0 saturated carbocycles. The summed E-state index contributed by atoms with van der Waals surface area (Å²) in [5, 5.41) is 8.96. The molecule has 0 fully saturated rings. The average molecular weight is 601 g/mol. The van der Waals surface area contributed by atoms with Crippen LogP contribution in [0.3, 0.4) is 0 Å². The van der Waals surface area contributed by atoms with Gasteiger partial charge in [0.2, 0.25) is 0 Å². The van der Waals surface area contributed by atoms with Crippen molar-refractivity contribution < 1.29 is 0 Å². The fourth-order valence-corrected chi connectivity index (χ4v) is 5.34. The van der Waals surface area contributed by atoms with E-state index in [1.165, 1.54) is 22.3 Å². The van der Waals surface area contributed by atoms with Crippen molar-refractivity contribution in [1.29, 1.82) is 5.41 Å². The van der Waals surface area contributed by atoms with Gasteiger partial charge in [0.1, 0.15) is 0 Å². The second-order valence-electron chi connectivity index (χ2n) is 11.3. The van der Waals surface area contributed by atoms with Crippen molar-refractivity contribution in [3.05, 3.63) is 191 Å². The molecule has 0 radical (unpaired) electrons. The average Bonchev–Trinajstić information content (AvgIpc) is 3.09. The summed E-state index contributed by atoms with van der Waals surface area (Å²) < 4.78 is 0. The van der Waals surface area contributed by atoms with Crippen LogP contribution in [0.2, 0.25) is 0 Å². The summed E-state index contributed by atoms with van der Waals surface area (Å²) in [5.41, 5.74) is 13.9. The highest BCUT2D eigenvalue weighted by atomic mass is 14.8. The van der Waals surface area contributed by atoms with Gasteiger partial charge >= 0.3 is 0 Å². The number of amidine groups is 1. The fourth-order valence-electron chi connectivity index (χ4n) is 5.34. The molecule has 4 aromatic rings. The van der Waals surface area contributed by atoms with E-state index in [1.54, 1.807) is 6.08 Å². The Hall–Kier alpha value is -5.34. The van der Waals surface area contributed by atoms with E-state index in [-0.39, 0.29) is 5.84 Å². The van der Waals surface area contributed by atoms with Gasteiger partial charge < -0.3 is 0 Å².